The van der Waals surface area contributed by atoms with Gasteiger partial charge in [-0.25, -0.2) is 4.79 Å². The van der Waals surface area contributed by atoms with Crippen molar-refractivity contribution in [2.24, 2.45) is 5.92 Å². The molecule has 1 unspecified atom stereocenters. The number of rotatable bonds is 7. The number of carbonyl (C=O) groups excluding carboxylic acids is 1. The van der Waals surface area contributed by atoms with Crippen LogP contribution in [0.3, 0.4) is 0 Å². The van der Waals surface area contributed by atoms with Crippen molar-refractivity contribution < 1.29 is 14.5 Å². The molecule has 110 valence electrons. The second kappa shape index (κ2) is 8.14. The van der Waals surface area contributed by atoms with Gasteiger partial charge in [-0.2, -0.15) is 0 Å². The standard InChI is InChI=1S/C14H20N2O4/c1-3-5-11(4-2)10-20-14(17)15-12-6-8-13(9-7-12)16(18)19/h6-9,11H,3-5,10H2,1-2H3,(H,15,17). The molecule has 1 amide bonds. The summed E-state index contributed by atoms with van der Waals surface area (Å²) < 4.78 is 5.15. The first-order chi connectivity index (χ1) is 9.56. The van der Waals surface area contributed by atoms with Crippen LogP contribution in [0.1, 0.15) is 33.1 Å². The largest absolute Gasteiger partial charge is 0.449 e. The average Bonchev–Trinajstić information content (AvgIpc) is 2.44. The zero-order valence-corrected chi connectivity index (χ0v) is 11.8. The predicted octanol–water partition coefficient (Wildman–Crippen LogP) is 3.97. The van der Waals surface area contributed by atoms with Gasteiger partial charge in [0, 0.05) is 17.8 Å². The van der Waals surface area contributed by atoms with E-state index in [4.69, 9.17) is 4.74 Å². The topological polar surface area (TPSA) is 81.5 Å². The van der Waals surface area contributed by atoms with E-state index < -0.39 is 11.0 Å². The van der Waals surface area contributed by atoms with Gasteiger partial charge in [-0.15, -0.1) is 0 Å². The molecule has 0 spiro atoms. The summed E-state index contributed by atoms with van der Waals surface area (Å²) in [5.41, 5.74) is 0.460. The van der Waals surface area contributed by atoms with Crippen molar-refractivity contribution in [1.29, 1.82) is 0 Å². The fraction of sp³-hybridized carbons (Fsp3) is 0.500. The first kappa shape index (κ1) is 15.9. The van der Waals surface area contributed by atoms with E-state index in [9.17, 15) is 14.9 Å². The Morgan fingerprint density at radius 2 is 2.00 bits per heavy atom. The van der Waals surface area contributed by atoms with Gasteiger partial charge in [0.1, 0.15) is 0 Å². The molecule has 0 aliphatic rings. The van der Waals surface area contributed by atoms with Crippen LogP contribution < -0.4 is 5.32 Å². The SMILES string of the molecule is CCCC(CC)COC(=O)Nc1ccc([N+](=O)[O-])cc1. The zero-order chi connectivity index (χ0) is 15.0. The van der Waals surface area contributed by atoms with Crippen molar-refractivity contribution in [2.75, 3.05) is 11.9 Å². The minimum Gasteiger partial charge on any atom is -0.449 e. The molecule has 1 aromatic carbocycles. The van der Waals surface area contributed by atoms with Crippen LogP contribution in [0.15, 0.2) is 24.3 Å². The summed E-state index contributed by atoms with van der Waals surface area (Å²) in [6.45, 7) is 4.56. The number of nitrogens with zero attached hydrogens (tertiary/aromatic N) is 1. The fourth-order valence-electron chi connectivity index (χ4n) is 1.83. The first-order valence-corrected chi connectivity index (χ1v) is 6.75. The highest BCUT2D eigenvalue weighted by Crippen LogP contribution is 2.16. The fourth-order valence-corrected chi connectivity index (χ4v) is 1.83. The molecule has 0 heterocycles. The summed E-state index contributed by atoms with van der Waals surface area (Å²) >= 11 is 0. The van der Waals surface area contributed by atoms with E-state index in [0.717, 1.165) is 19.3 Å². The molecular formula is C14H20N2O4. The number of non-ortho nitro benzene ring substituents is 1. The van der Waals surface area contributed by atoms with E-state index >= 15 is 0 Å². The van der Waals surface area contributed by atoms with Crippen LogP contribution >= 0.6 is 0 Å². The monoisotopic (exact) mass is 280 g/mol. The van der Waals surface area contributed by atoms with Crippen LogP contribution in [0.5, 0.6) is 0 Å². The number of anilines is 1. The Morgan fingerprint density at radius 3 is 2.50 bits per heavy atom. The molecule has 0 radical (unpaired) electrons. The van der Waals surface area contributed by atoms with Gasteiger partial charge in [-0.3, -0.25) is 15.4 Å². The number of carbonyl (C=O) groups is 1. The molecule has 0 aromatic heterocycles. The first-order valence-electron chi connectivity index (χ1n) is 6.75. The summed E-state index contributed by atoms with van der Waals surface area (Å²) in [5.74, 6) is 0.377. The van der Waals surface area contributed by atoms with Gasteiger partial charge in [0.25, 0.3) is 5.69 Å². The predicted molar refractivity (Wildman–Crippen MR) is 76.8 cm³/mol. The molecule has 20 heavy (non-hydrogen) atoms. The maximum absolute atomic E-state index is 11.6. The van der Waals surface area contributed by atoms with Crippen molar-refractivity contribution in [2.45, 2.75) is 33.1 Å². The van der Waals surface area contributed by atoms with Crippen LogP contribution in [-0.4, -0.2) is 17.6 Å². The Balaban J connectivity index is 2.43. The normalized spacial score (nSPS) is 11.7. The number of benzene rings is 1. The minimum atomic E-state index is -0.534. The van der Waals surface area contributed by atoms with Gasteiger partial charge in [-0.1, -0.05) is 26.7 Å². The molecule has 0 aliphatic carbocycles. The molecule has 1 atom stereocenters. The van der Waals surface area contributed by atoms with Gasteiger partial charge in [0.05, 0.1) is 11.5 Å². The highest BCUT2D eigenvalue weighted by molar-refractivity contribution is 5.84. The molecule has 6 nitrogen and oxygen atoms in total. The van der Waals surface area contributed by atoms with Gasteiger partial charge >= 0.3 is 6.09 Å². The maximum Gasteiger partial charge on any atom is 0.411 e. The zero-order valence-electron chi connectivity index (χ0n) is 11.8. The molecule has 0 saturated heterocycles. The molecule has 0 bridgehead atoms. The van der Waals surface area contributed by atoms with Crippen LogP contribution in [0.25, 0.3) is 0 Å². The third-order valence-corrected chi connectivity index (χ3v) is 3.05. The Kier molecular flexibility index (Phi) is 6.49. The van der Waals surface area contributed by atoms with E-state index in [2.05, 4.69) is 19.2 Å². The van der Waals surface area contributed by atoms with Crippen LogP contribution in [0.2, 0.25) is 0 Å². The average molecular weight is 280 g/mol. The Labute approximate surface area is 118 Å². The summed E-state index contributed by atoms with van der Waals surface area (Å²) in [4.78, 5) is 21.6. The van der Waals surface area contributed by atoms with E-state index in [1.165, 1.54) is 24.3 Å². The van der Waals surface area contributed by atoms with E-state index in [-0.39, 0.29) is 5.69 Å². The minimum absolute atomic E-state index is 0.0158. The lowest BCUT2D eigenvalue weighted by atomic mass is 10.0. The number of hydrogen-bond donors (Lipinski definition) is 1. The van der Waals surface area contributed by atoms with Gasteiger partial charge in [-0.05, 0) is 24.5 Å². The van der Waals surface area contributed by atoms with Crippen molar-refractivity contribution in [1.82, 2.24) is 0 Å². The molecule has 0 fully saturated rings. The highest BCUT2D eigenvalue weighted by Gasteiger charge is 2.10. The van der Waals surface area contributed by atoms with Crippen molar-refractivity contribution in [3.63, 3.8) is 0 Å². The number of nitro groups is 1. The molecular weight excluding hydrogens is 260 g/mol. The lowest BCUT2D eigenvalue weighted by Gasteiger charge is -2.14. The maximum atomic E-state index is 11.6. The number of ether oxygens (including phenoxy) is 1. The van der Waals surface area contributed by atoms with Gasteiger partial charge in [0.2, 0.25) is 0 Å². The van der Waals surface area contributed by atoms with Crippen molar-refractivity contribution >= 4 is 17.5 Å². The molecule has 0 saturated carbocycles. The van der Waals surface area contributed by atoms with Crippen molar-refractivity contribution in [3.05, 3.63) is 34.4 Å². The highest BCUT2D eigenvalue weighted by atomic mass is 16.6. The van der Waals surface area contributed by atoms with E-state index in [1.807, 2.05) is 0 Å². The summed E-state index contributed by atoms with van der Waals surface area (Å²) in [5, 5.41) is 13.0. The number of nitrogens with one attached hydrogen (secondary N) is 1. The number of nitro benzene ring substituents is 1. The molecule has 1 N–H and O–H groups in total. The van der Waals surface area contributed by atoms with E-state index in [0.29, 0.717) is 18.2 Å². The second-order valence-electron chi connectivity index (χ2n) is 4.59. The smallest absolute Gasteiger partial charge is 0.411 e. The molecule has 1 rings (SSSR count). The van der Waals surface area contributed by atoms with Crippen LogP contribution in [0, 0.1) is 16.0 Å². The molecule has 6 heteroatoms. The lowest BCUT2D eigenvalue weighted by Crippen LogP contribution is -2.18. The van der Waals surface area contributed by atoms with E-state index in [1.54, 1.807) is 0 Å². The molecule has 1 aromatic rings. The van der Waals surface area contributed by atoms with Crippen molar-refractivity contribution in [3.8, 4) is 0 Å². The number of amides is 1. The van der Waals surface area contributed by atoms with Crippen LogP contribution in [-0.2, 0) is 4.74 Å². The summed E-state index contributed by atoms with van der Waals surface area (Å²) in [6, 6.07) is 5.62. The molecule has 0 aliphatic heterocycles. The Bertz CT molecular complexity index is 445. The van der Waals surface area contributed by atoms with Gasteiger partial charge < -0.3 is 4.74 Å². The summed E-state index contributed by atoms with van der Waals surface area (Å²) in [6.07, 6.45) is 2.53. The lowest BCUT2D eigenvalue weighted by molar-refractivity contribution is -0.384. The quantitative estimate of drug-likeness (QED) is 0.605. The van der Waals surface area contributed by atoms with Crippen LogP contribution in [0.4, 0.5) is 16.2 Å². The summed E-state index contributed by atoms with van der Waals surface area (Å²) in [7, 11) is 0. The Morgan fingerprint density at radius 1 is 1.35 bits per heavy atom. The third kappa shape index (κ3) is 5.26. The Hall–Kier alpha value is -2.11. The second-order valence-corrected chi connectivity index (χ2v) is 4.59. The third-order valence-electron chi connectivity index (χ3n) is 3.05. The number of hydrogen-bond acceptors (Lipinski definition) is 4. The van der Waals surface area contributed by atoms with Gasteiger partial charge in [0.15, 0.2) is 0 Å².